The highest BCUT2D eigenvalue weighted by Crippen LogP contribution is 2.38. The number of hydrogen-bond acceptors (Lipinski definition) is 1. The third-order valence-corrected chi connectivity index (χ3v) is 4.42. The second kappa shape index (κ2) is 6.42. The van der Waals surface area contributed by atoms with Crippen LogP contribution in [0, 0.1) is 11.7 Å². The van der Waals surface area contributed by atoms with Gasteiger partial charge in [-0.25, -0.2) is 4.39 Å². The lowest BCUT2D eigenvalue weighted by Crippen LogP contribution is -2.07. The van der Waals surface area contributed by atoms with E-state index in [4.69, 9.17) is 16.3 Å². The predicted octanol–water partition coefficient (Wildman–Crippen LogP) is 5.08. The highest BCUT2D eigenvalue weighted by molar-refractivity contribution is 6.21. The molecule has 100 valence electrons. The summed E-state index contributed by atoms with van der Waals surface area (Å²) in [5.74, 6) is 0.430. The zero-order valence-electron chi connectivity index (χ0n) is 10.8. The van der Waals surface area contributed by atoms with E-state index in [0.717, 1.165) is 18.4 Å². The van der Waals surface area contributed by atoms with Gasteiger partial charge in [0.1, 0.15) is 0 Å². The minimum absolute atomic E-state index is 0.0801. The van der Waals surface area contributed by atoms with Gasteiger partial charge in [-0.05, 0) is 36.5 Å². The summed E-state index contributed by atoms with van der Waals surface area (Å²) in [7, 11) is 1.47. The summed E-state index contributed by atoms with van der Waals surface area (Å²) in [6.45, 7) is 0. The average Bonchev–Trinajstić information content (AvgIpc) is 2.66. The zero-order valence-corrected chi connectivity index (χ0v) is 11.5. The van der Waals surface area contributed by atoms with E-state index in [1.807, 2.05) is 6.07 Å². The summed E-state index contributed by atoms with van der Waals surface area (Å²) in [6, 6.07) is 5.06. The molecule has 1 aliphatic carbocycles. The molecule has 0 saturated heterocycles. The van der Waals surface area contributed by atoms with E-state index in [-0.39, 0.29) is 16.9 Å². The molecular weight excluding hydrogens is 251 g/mol. The molecule has 0 bridgehead atoms. The van der Waals surface area contributed by atoms with Crippen molar-refractivity contribution in [1.29, 1.82) is 0 Å². The number of hydrogen-bond donors (Lipinski definition) is 0. The van der Waals surface area contributed by atoms with Crippen LogP contribution in [0.5, 0.6) is 5.75 Å². The largest absolute Gasteiger partial charge is 0.494 e. The number of ether oxygens (including phenoxy) is 1. The summed E-state index contributed by atoms with van der Waals surface area (Å²) < 4.78 is 18.6. The van der Waals surface area contributed by atoms with Crippen LogP contribution in [0.1, 0.15) is 49.5 Å². The molecule has 1 aromatic rings. The molecule has 0 amide bonds. The maximum Gasteiger partial charge on any atom is 0.165 e. The predicted molar refractivity (Wildman–Crippen MR) is 72.7 cm³/mol. The van der Waals surface area contributed by atoms with Crippen molar-refractivity contribution >= 4 is 11.6 Å². The SMILES string of the molecule is COc1ccc(C(Cl)C2CCCCCC2)cc1F. The van der Waals surface area contributed by atoms with Gasteiger partial charge in [0.15, 0.2) is 11.6 Å². The van der Waals surface area contributed by atoms with Crippen LogP contribution < -0.4 is 4.74 Å². The first-order valence-electron chi connectivity index (χ1n) is 6.70. The Hall–Kier alpha value is -0.760. The van der Waals surface area contributed by atoms with Crippen LogP contribution in [-0.2, 0) is 0 Å². The van der Waals surface area contributed by atoms with Crippen molar-refractivity contribution in [3.63, 3.8) is 0 Å². The van der Waals surface area contributed by atoms with Crippen molar-refractivity contribution in [2.75, 3.05) is 7.11 Å². The quantitative estimate of drug-likeness (QED) is 0.549. The molecular formula is C15H20ClFO. The van der Waals surface area contributed by atoms with Gasteiger partial charge in [-0.1, -0.05) is 31.7 Å². The van der Waals surface area contributed by atoms with Crippen LogP contribution in [0.25, 0.3) is 0 Å². The van der Waals surface area contributed by atoms with E-state index in [2.05, 4.69) is 0 Å². The first-order valence-corrected chi connectivity index (χ1v) is 7.13. The van der Waals surface area contributed by atoms with Gasteiger partial charge in [-0.15, -0.1) is 11.6 Å². The molecule has 1 unspecified atom stereocenters. The molecule has 0 heterocycles. The Morgan fingerprint density at radius 2 is 1.89 bits per heavy atom. The first kappa shape index (κ1) is 13.7. The maximum absolute atomic E-state index is 13.7. The van der Waals surface area contributed by atoms with Gasteiger partial charge in [0.2, 0.25) is 0 Å². The Kier molecular flexibility index (Phi) is 4.87. The van der Waals surface area contributed by atoms with Crippen molar-refractivity contribution < 1.29 is 9.13 Å². The standard InChI is InChI=1S/C15H20ClFO/c1-18-14-9-8-12(10-13(14)17)15(16)11-6-4-2-3-5-7-11/h8-11,15H,2-7H2,1H3. The minimum Gasteiger partial charge on any atom is -0.494 e. The maximum atomic E-state index is 13.7. The lowest BCUT2D eigenvalue weighted by Gasteiger charge is -2.21. The minimum atomic E-state index is -0.325. The summed E-state index contributed by atoms with van der Waals surface area (Å²) in [4.78, 5) is 0. The van der Waals surface area contributed by atoms with Gasteiger partial charge >= 0.3 is 0 Å². The fraction of sp³-hybridized carbons (Fsp3) is 0.600. The van der Waals surface area contributed by atoms with Crippen molar-refractivity contribution in [2.24, 2.45) is 5.92 Å². The van der Waals surface area contributed by atoms with Crippen LogP contribution in [0.3, 0.4) is 0 Å². The monoisotopic (exact) mass is 270 g/mol. The molecule has 0 aromatic heterocycles. The van der Waals surface area contributed by atoms with Crippen LogP contribution in [0.2, 0.25) is 0 Å². The van der Waals surface area contributed by atoms with E-state index >= 15 is 0 Å². The summed E-state index contributed by atoms with van der Waals surface area (Å²) >= 11 is 6.52. The summed E-state index contributed by atoms with van der Waals surface area (Å²) in [5, 5.41) is -0.0801. The average molecular weight is 271 g/mol. The van der Waals surface area contributed by atoms with Crippen LogP contribution in [0.4, 0.5) is 4.39 Å². The van der Waals surface area contributed by atoms with Crippen molar-refractivity contribution in [3.05, 3.63) is 29.6 Å². The summed E-state index contributed by atoms with van der Waals surface area (Å²) in [6.07, 6.45) is 7.40. The van der Waals surface area contributed by atoms with Crippen LogP contribution >= 0.6 is 11.6 Å². The molecule has 0 aliphatic heterocycles. The van der Waals surface area contributed by atoms with Gasteiger partial charge in [0, 0.05) is 0 Å². The van der Waals surface area contributed by atoms with Gasteiger partial charge < -0.3 is 4.74 Å². The van der Waals surface area contributed by atoms with E-state index < -0.39 is 0 Å². The Balaban J connectivity index is 2.11. The third-order valence-electron chi connectivity index (χ3n) is 3.81. The fourth-order valence-electron chi connectivity index (χ4n) is 2.73. The van der Waals surface area contributed by atoms with Crippen LogP contribution in [0.15, 0.2) is 18.2 Å². The lowest BCUT2D eigenvalue weighted by atomic mass is 9.92. The van der Waals surface area contributed by atoms with E-state index in [1.54, 1.807) is 6.07 Å². The highest BCUT2D eigenvalue weighted by Gasteiger charge is 2.23. The fourth-order valence-corrected chi connectivity index (χ4v) is 3.12. The zero-order chi connectivity index (χ0) is 13.0. The van der Waals surface area contributed by atoms with Crippen molar-refractivity contribution in [1.82, 2.24) is 0 Å². The Morgan fingerprint density at radius 1 is 1.22 bits per heavy atom. The topological polar surface area (TPSA) is 9.23 Å². The molecule has 0 radical (unpaired) electrons. The molecule has 3 heteroatoms. The Labute approximate surface area is 113 Å². The molecule has 18 heavy (non-hydrogen) atoms. The van der Waals surface area contributed by atoms with Crippen LogP contribution in [-0.4, -0.2) is 7.11 Å². The third kappa shape index (κ3) is 3.17. The molecule has 0 spiro atoms. The number of methoxy groups -OCH3 is 1. The molecule has 1 saturated carbocycles. The number of alkyl halides is 1. The smallest absolute Gasteiger partial charge is 0.165 e. The van der Waals surface area contributed by atoms with Crippen molar-refractivity contribution in [3.8, 4) is 5.75 Å². The second-order valence-corrected chi connectivity index (χ2v) is 5.52. The summed E-state index contributed by atoms with van der Waals surface area (Å²) in [5.41, 5.74) is 0.877. The molecule has 2 rings (SSSR count). The lowest BCUT2D eigenvalue weighted by molar-refractivity contribution is 0.385. The normalized spacial score (nSPS) is 19.3. The number of benzene rings is 1. The van der Waals surface area contributed by atoms with E-state index in [9.17, 15) is 4.39 Å². The highest BCUT2D eigenvalue weighted by atomic mass is 35.5. The second-order valence-electron chi connectivity index (χ2n) is 5.05. The van der Waals surface area contributed by atoms with Gasteiger partial charge in [-0.2, -0.15) is 0 Å². The molecule has 1 nitrogen and oxygen atoms in total. The number of rotatable bonds is 3. The van der Waals surface area contributed by atoms with Gasteiger partial charge in [0.05, 0.1) is 12.5 Å². The van der Waals surface area contributed by atoms with Crippen molar-refractivity contribution in [2.45, 2.75) is 43.9 Å². The van der Waals surface area contributed by atoms with E-state index in [0.29, 0.717) is 5.92 Å². The Morgan fingerprint density at radius 3 is 2.44 bits per heavy atom. The molecule has 1 aromatic carbocycles. The molecule has 1 fully saturated rings. The molecule has 0 N–H and O–H groups in total. The first-order chi connectivity index (χ1) is 8.72. The van der Waals surface area contributed by atoms with Gasteiger partial charge in [-0.3, -0.25) is 0 Å². The molecule has 1 aliphatic rings. The Bertz CT molecular complexity index is 386. The van der Waals surface area contributed by atoms with E-state index in [1.165, 1.54) is 38.9 Å². The van der Waals surface area contributed by atoms with Gasteiger partial charge in [0.25, 0.3) is 0 Å². The molecule has 1 atom stereocenters. The number of halogens is 2.